The molecular weight excluding hydrogens is 432 g/mol. The first-order valence-electron chi connectivity index (χ1n) is 9.61. The maximum Gasteiger partial charge on any atom is 0.284 e. The van der Waals surface area contributed by atoms with Gasteiger partial charge in [0.15, 0.2) is 0 Å². The fourth-order valence-electron chi connectivity index (χ4n) is 3.22. The smallest absolute Gasteiger partial charge is 0.284 e. The highest BCUT2D eigenvalue weighted by atomic mass is 35.5. The molecular formula is C23H18BCl2N3O2. The fourth-order valence-corrected chi connectivity index (χ4v) is 3.48. The molecule has 1 N–H and O–H groups in total. The summed E-state index contributed by atoms with van der Waals surface area (Å²) in [6.45, 7) is 0.382. The second-order valence-corrected chi connectivity index (χ2v) is 8.05. The molecule has 0 unspecified atom stereocenters. The Morgan fingerprint density at radius 1 is 0.871 bits per heavy atom. The highest BCUT2D eigenvalue weighted by Crippen LogP contribution is 2.16. The van der Waals surface area contributed by atoms with Gasteiger partial charge >= 0.3 is 0 Å². The summed E-state index contributed by atoms with van der Waals surface area (Å²) in [5.41, 5.74) is 2.88. The number of benzene rings is 3. The lowest BCUT2D eigenvalue weighted by molar-refractivity contribution is 0.102. The molecule has 0 spiro atoms. The monoisotopic (exact) mass is 449 g/mol. The third-order valence-electron chi connectivity index (χ3n) is 4.84. The van der Waals surface area contributed by atoms with Crippen molar-refractivity contribution in [2.75, 3.05) is 5.32 Å². The Morgan fingerprint density at radius 3 is 2.06 bits per heavy atom. The van der Waals surface area contributed by atoms with E-state index in [1.807, 2.05) is 32.1 Å². The van der Waals surface area contributed by atoms with Crippen LogP contribution in [0.3, 0.4) is 0 Å². The fraction of sp³-hybridized carbons (Fsp3) is 0.0435. The number of carbonyl (C=O) groups excluding carboxylic acids is 1. The van der Waals surface area contributed by atoms with E-state index in [-0.39, 0.29) is 5.56 Å². The molecule has 0 aliphatic heterocycles. The zero-order valence-electron chi connectivity index (χ0n) is 16.7. The molecule has 1 amide bonds. The van der Waals surface area contributed by atoms with E-state index in [2.05, 4.69) is 5.32 Å². The van der Waals surface area contributed by atoms with Crippen molar-refractivity contribution < 1.29 is 4.79 Å². The van der Waals surface area contributed by atoms with Gasteiger partial charge in [-0.15, -0.1) is 0 Å². The summed E-state index contributed by atoms with van der Waals surface area (Å²) in [7, 11) is 1.97. The molecule has 4 aromatic rings. The van der Waals surface area contributed by atoms with Crippen LogP contribution in [0, 0.1) is 0 Å². The van der Waals surface area contributed by atoms with E-state index in [9.17, 15) is 9.59 Å². The Morgan fingerprint density at radius 2 is 1.45 bits per heavy atom. The molecule has 0 saturated heterocycles. The minimum Gasteiger partial charge on any atom is -0.322 e. The lowest BCUT2D eigenvalue weighted by atomic mass is 9.96. The standard InChI is InChI=1S/C23H18BCl2N3O2/c24-16-3-9-19(10-4-16)27-22(30)21-14-28(13-15-1-5-17(25)6-2-15)29(23(21)31)20-11-7-18(26)8-12-20/h1-12,14H,13,24H2,(H,27,30). The molecule has 5 nitrogen and oxygen atoms in total. The number of aromatic nitrogens is 2. The molecule has 154 valence electrons. The number of carbonyl (C=O) groups is 1. The predicted octanol–water partition coefficient (Wildman–Crippen LogP) is 3.50. The number of nitrogens with one attached hydrogen (secondary N) is 1. The topological polar surface area (TPSA) is 56.0 Å². The summed E-state index contributed by atoms with van der Waals surface area (Å²) in [5.74, 6) is -0.466. The van der Waals surface area contributed by atoms with Gasteiger partial charge in [0, 0.05) is 21.9 Å². The van der Waals surface area contributed by atoms with Gasteiger partial charge in [-0.3, -0.25) is 14.3 Å². The van der Waals surface area contributed by atoms with Crippen molar-refractivity contribution in [2.24, 2.45) is 0 Å². The van der Waals surface area contributed by atoms with E-state index in [0.29, 0.717) is 28.0 Å². The van der Waals surface area contributed by atoms with Gasteiger partial charge in [-0.2, -0.15) is 0 Å². The Labute approximate surface area is 190 Å². The summed E-state index contributed by atoms with van der Waals surface area (Å²) >= 11 is 12.0. The zero-order chi connectivity index (χ0) is 22.0. The Bertz CT molecular complexity index is 1280. The summed E-state index contributed by atoms with van der Waals surface area (Å²) in [6.07, 6.45) is 1.56. The first-order valence-corrected chi connectivity index (χ1v) is 10.4. The molecule has 0 aliphatic carbocycles. The molecule has 0 atom stereocenters. The van der Waals surface area contributed by atoms with Crippen LogP contribution in [0.4, 0.5) is 5.69 Å². The molecule has 4 rings (SSSR count). The SMILES string of the molecule is Bc1ccc(NC(=O)c2cn(Cc3ccc(Cl)cc3)n(-c3ccc(Cl)cc3)c2=O)cc1. The zero-order valence-corrected chi connectivity index (χ0v) is 18.2. The van der Waals surface area contributed by atoms with E-state index in [4.69, 9.17) is 23.2 Å². The van der Waals surface area contributed by atoms with Crippen molar-refractivity contribution in [2.45, 2.75) is 6.54 Å². The molecule has 0 aliphatic rings. The molecule has 0 saturated carbocycles. The molecule has 8 heteroatoms. The van der Waals surface area contributed by atoms with Crippen molar-refractivity contribution in [3.8, 4) is 5.69 Å². The van der Waals surface area contributed by atoms with E-state index >= 15 is 0 Å². The number of nitrogens with zero attached hydrogens (tertiary/aromatic N) is 2. The summed E-state index contributed by atoms with van der Waals surface area (Å²) in [4.78, 5) is 26.1. The maximum absolute atomic E-state index is 13.2. The Kier molecular flexibility index (Phi) is 6.02. The summed E-state index contributed by atoms with van der Waals surface area (Å²) in [5, 5.41) is 3.98. The van der Waals surface area contributed by atoms with E-state index in [1.165, 1.54) is 4.68 Å². The predicted molar refractivity (Wildman–Crippen MR) is 128 cm³/mol. The average Bonchev–Trinajstić information content (AvgIpc) is 3.08. The normalized spacial score (nSPS) is 10.8. The minimum absolute atomic E-state index is 0.0458. The third-order valence-corrected chi connectivity index (χ3v) is 5.34. The van der Waals surface area contributed by atoms with Gasteiger partial charge < -0.3 is 5.32 Å². The van der Waals surface area contributed by atoms with Crippen LogP contribution in [0.15, 0.2) is 83.8 Å². The first-order chi connectivity index (χ1) is 14.9. The minimum atomic E-state index is -0.466. The molecule has 0 fully saturated rings. The van der Waals surface area contributed by atoms with Gasteiger partial charge in [-0.25, -0.2) is 4.68 Å². The lowest BCUT2D eigenvalue weighted by Crippen LogP contribution is -2.26. The van der Waals surface area contributed by atoms with E-state index < -0.39 is 11.5 Å². The molecule has 0 bridgehead atoms. The molecule has 31 heavy (non-hydrogen) atoms. The van der Waals surface area contributed by atoms with Crippen LogP contribution in [0.1, 0.15) is 15.9 Å². The molecule has 1 aromatic heterocycles. The third kappa shape index (κ3) is 4.76. The van der Waals surface area contributed by atoms with E-state index in [1.54, 1.807) is 59.4 Å². The lowest BCUT2D eigenvalue weighted by Gasteiger charge is -2.12. The van der Waals surface area contributed by atoms with Gasteiger partial charge in [-0.05, 0) is 54.1 Å². The van der Waals surface area contributed by atoms with Gasteiger partial charge in [-0.1, -0.05) is 52.9 Å². The Balaban J connectivity index is 1.74. The Hall–Kier alpha value is -3.22. The molecule has 0 radical (unpaired) electrons. The van der Waals surface area contributed by atoms with Crippen LogP contribution in [-0.2, 0) is 6.54 Å². The van der Waals surface area contributed by atoms with Gasteiger partial charge in [0.2, 0.25) is 0 Å². The van der Waals surface area contributed by atoms with Crippen LogP contribution in [0.2, 0.25) is 10.0 Å². The number of hydrogen-bond acceptors (Lipinski definition) is 2. The van der Waals surface area contributed by atoms with Crippen LogP contribution >= 0.6 is 23.2 Å². The first kappa shape index (κ1) is 21.0. The quantitative estimate of drug-likeness (QED) is 0.474. The second kappa shape index (κ2) is 8.88. The van der Waals surface area contributed by atoms with Gasteiger partial charge in [0.1, 0.15) is 13.4 Å². The molecule has 3 aromatic carbocycles. The molecule has 1 heterocycles. The van der Waals surface area contributed by atoms with Crippen LogP contribution in [-0.4, -0.2) is 23.1 Å². The number of rotatable bonds is 5. The number of halogens is 2. The van der Waals surface area contributed by atoms with Crippen molar-refractivity contribution in [3.05, 3.63) is 111 Å². The van der Waals surface area contributed by atoms with E-state index in [0.717, 1.165) is 11.0 Å². The number of hydrogen-bond donors (Lipinski definition) is 1. The van der Waals surface area contributed by atoms with Crippen molar-refractivity contribution in [1.29, 1.82) is 0 Å². The number of amides is 1. The van der Waals surface area contributed by atoms with Crippen LogP contribution in [0.25, 0.3) is 5.69 Å². The maximum atomic E-state index is 13.2. The van der Waals surface area contributed by atoms with Crippen LogP contribution < -0.4 is 16.3 Å². The van der Waals surface area contributed by atoms with Crippen molar-refractivity contribution >= 4 is 48.1 Å². The van der Waals surface area contributed by atoms with Crippen LogP contribution in [0.5, 0.6) is 0 Å². The van der Waals surface area contributed by atoms with Crippen molar-refractivity contribution in [1.82, 2.24) is 9.36 Å². The van der Waals surface area contributed by atoms with Crippen molar-refractivity contribution in [3.63, 3.8) is 0 Å². The van der Waals surface area contributed by atoms with Gasteiger partial charge in [0.05, 0.1) is 12.2 Å². The highest BCUT2D eigenvalue weighted by Gasteiger charge is 2.19. The highest BCUT2D eigenvalue weighted by molar-refractivity contribution is 6.32. The number of anilines is 1. The van der Waals surface area contributed by atoms with Gasteiger partial charge in [0.25, 0.3) is 11.5 Å². The summed E-state index contributed by atoms with van der Waals surface area (Å²) in [6, 6.07) is 21.6. The average molecular weight is 450 g/mol. The summed E-state index contributed by atoms with van der Waals surface area (Å²) < 4.78 is 3.17. The second-order valence-electron chi connectivity index (χ2n) is 7.18. The largest absolute Gasteiger partial charge is 0.322 e.